The van der Waals surface area contributed by atoms with Gasteiger partial charge in [-0.25, -0.2) is 8.42 Å². The van der Waals surface area contributed by atoms with Crippen LogP contribution in [0.5, 0.6) is 5.75 Å². The Hall–Kier alpha value is -2.36. The number of carbonyl (C=O) groups is 1. The molecule has 1 amide bonds. The van der Waals surface area contributed by atoms with Gasteiger partial charge in [0.25, 0.3) is 0 Å². The van der Waals surface area contributed by atoms with Gasteiger partial charge in [-0.2, -0.15) is 4.72 Å². The van der Waals surface area contributed by atoms with Crippen LogP contribution in [0.25, 0.3) is 0 Å². The summed E-state index contributed by atoms with van der Waals surface area (Å²) >= 11 is 0. The fourth-order valence-electron chi connectivity index (χ4n) is 2.40. The maximum atomic E-state index is 12.7. The first-order valence-electron chi connectivity index (χ1n) is 8.41. The van der Waals surface area contributed by atoms with Gasteiger partial charge in [0.2, 0.25) is 15.9 Å². The van der Waals surface area contributed by atoms with Crippen molar-refractivity contribution in [1.29, 1.82) is 0 Å². The molecule has 0 unspecified atom stereocenters. The van der Waals surface area contributed by atoms with Crippen molar-refractivity contribution < 1.29 is 27.1 Å². The molecule has 0 fully saturated rings. The Morgan fingerprint density at radius 3 is 2.52 bits per heavy atom. The molecule has 0 aliphatic rings. The Morgan fingerprint density at radius 1 is 1.19 bits per heavy atom. The predicted octanol–water partition coefficient (Wildman–Crippen LogP) is 1.85. The molecule has 1 atom stereocenters. The molecule has 1 aromatic carbocycles. The predicted molar refractivity (Wildman–Crippen MR) is 98.9 cm³/mol. The van der Waals surface area contributed by atoms with Gasteiger partial charge in [-0.3, -0.25) is 4.79 Å². The summed E-state index contributed by atoms with van der Waals surface area (Å²) in [6, 6.07) is 8.42. The number of nitrogens with one attached hydrogen (secondary N) is 2. The molecule has 1 heterocycles. The van der Waals surface area contributed by atoms with Gasteiger partial charge in [0, 0.05) is 20.3 Å². The van der Waals surface area contributed by atoms with E-state index in [0.717, 1.165) is 0 Å². The molecule has 1 aromatic heterocycles. The molecule has 27 heavy (non-hydrogen) atoms. The third-order valence-corrected chi connectivity index (χ3v) is 5.28. The highest BCUT2D eigenvalue weighted by Crippen LogP contribution is 2.22. The van der Waals surface area contributed by atoms with E-state index in [0.29, 0.717) is 31.1 Å². The fourth-order valence-corrected chi connectivity index (χ4v) is 3.61. The number of hydrogen-bond donors (Lipinski definition) is 2. The molecule has 2 aromatic rings. The number of hydrogen-bond acceptors (Lipinski definition) is 6. The van der Waals surface area contributed by atoms with Crippen LogP contribution < -0.4 is 14.8 Å². The Morgan fingerprint density at radius 2 is 1.93 bits per heavy atom. The van der Waals surface area contributed by atoms with E-state index >= 15 is 0 Å². The number of sulfonamides is 1. The van der Waals surface area contributed by atoms with E-state index in [2.05, 4.69) is 10.0 Å². The van der Waals surface area contributed by atoms with Crippen molar-refractivity contribution in [3.8, 4) is 5.75 Å². The number of benzene rings is 1. The van der Waals surface area contributed by atoms with E-state index in [1.807, 2.05) is 0 Å². The van der Waals surface area contributed by atoms with Crippen LogP contribution in [0.2, 0.25) is 0 Å². The topological polar surface area (TPSA) is 107 Å². The molecule has 148 valence electrons. The first kappa shape index (κ1) is 20.9. The summed E-state index contributed by atoms with van der Waals surface area (Å²) in [5.74, 6) is 0.621. The van der Waals surface area contributed by atoms with E-state index in [1.54, 1.807) is 31.4 Å². The summed E-state index contributed by atoms with van der Waals surface area (Å²) in [5.41, 5.74) is 0. The summed E-state index contributed by atoms with van der Waals surface area (Å²) in [4.78, 5) is 12.2. The zero-order valence-electron chi connectivity index (χ0n) is 15.3. The first-order valence-corrected chi connectivity index (χ1v) is 9.90. The Balaban J connectivity index is 2.08. The second-order valence-corrected chi connectivity index (χ2v) is 7.48. The molecule has 0 aliphatic heterocycles. The number of amides is 1. The second kappa shape index (κ2) is 10.1. The van der Waals surface area contributed by atoms with Crippen molar-refractivity contribution in [2.24, 2.45) is 0 Å². The molecule has 0 radical (unpaired) electrons. The van der Waals surface area contributed by atoms with Crippen molar-refractivity contribution >= 4 is 15.9 Å². The highest BCUT2D eigenvalue weighted by Gasteiger charge is 2.25. The van der Waals surface area contributed by atoms with Crippen molar-refractivity contribution in [3.63, 3.8) is 0 Å². The lowest BCUT2D eigenvalue weighted by molar-refractivity contribution is -0.121. The SMILES string of the molecule is COCCCNC(=O)C[C@@H](NS(=O)(=O)c1ccc(OC)cc1)c1ccco1. The molecule has 2 N–H and O–H groups in total. The van der Waals surface area contributed by atoms with Crippen LogP contribution in [0, 0.1) is 0 Å². The van der Waals surface area contributed by atoms with Crippen LogP contribution in [0.3, 0.4) is 0 Å². The van der Waals surface area contributed by atoms with Crippen molar-refractivity contribution in [3.05, 3.63) is 48.4 Å². The molecule has 2 rings (SSSR count). The molecule has 0 bridgehead atoms. The lowest BCUT2D eigenvalue weighted by Crippen LogP contribution is -2.34. The Kier molecular flexibility index (Phi) is 7.83. The van der Waals surface area contributed by atoms with Gasteiger partial charge in [0.1, 0.15) is 11.5 Å². The van der Waals surface area contributed by atoms with E-state index in [9.17, 15) is 13.2 Å². The standard InChI is InChI=1S/C18H24N2O6S/c1-24-11-4-10-19-18(21)13-16(17-5-3-12-26-17)20-27(22,23)15-8-6-14(25-2)7-9-15/h3,5-9,12,16,20H,4,10-11,13H2,1-2H3,(H,19,21)/t16-/m1/s1. The lowest BCUT2D eigenvalue weighted by atomic mass is 10.1. The fraction of sp³-hybridized carbons (Fsp3) is 0.389. The van der Waals surface area contributed by atoms with Crippen molar-refractivity contribution in [2.45, 2.75) is 23.8 Å². The minimum Gasteiger partial charge on any atom is -0.497 e. The second-order valence-electron chi connectivity index (χ2n) is 5.77. The van der Waals surface area contributed by atoms with Crippen LogP contribution >= 0.6 is 0 Å². The zero-order valence-corrected chi connectivity index (χ0v) is 16.1. The van der Waals surface area contributed by atoms with Crippen LogP contribution in [0.4, 0.5) is 0 Å². The van der Waals surface area contributed by atoms with Crippen LogP contribution in [-0.2, 0) is 19.6 Å². The maximum Gasteiger partial charge on any atom is 0.241 e. The van der Waals surface area contributed by atoms with E-state index in [1.165, 1.54) is 25.5 Å². The highest BCUT2D eigenvalue weighted by molar-refractivity contribution is 7.89. The van der Waals surface area contributed by atoms with Crippen molar-refractivity contribution in [1.82, 2.24) is 10.0 Å². The summed E-state index contributed by atoms with van der Waals surface area (Å²) in [6.45, 7) is 0.981. The van der Waals surface area contributed by atoms with E-state index in [4.69, 9.17) is 13.9 Å². The van der Waals surface area contributed by atoms with Crippen LogP contribution in [0.15, 0.2) is 52.0 Å². The lowest BCUT2D eigenvalue weighted by Gasteiger charge is -2.17. The highest BCUT2D eigenvalue weighted by atomic mass is 32.2. The summed E-state index contributed by atoms with van der Waals surface area (Å²) < 4.78 is 43.2. The molecular weight excluding hydrogens is 372 g/mol. The third kappa shape index (κ3) is 6.38. The average Bonchev–Trinajstić information content (AvgIpc) is 3.19. The molecule has 9 heteroatoms. The molecule has 0 aliphatic carbocycles. The third-order valence-electron chi connectivity index (χ3n) is 3.79. The van der Waals surface area contributed by atoms with Crippen LogP contribution in [-0.4, -0.2) is 41.7 Å². The van der Waals surface area contributed by atoms with Crippen LogP contribution in [0.1, 0.15) is 24.6 Å². The van der Waals surface area contributed by atoms with E-state index in [-0.39, 0.29) is 17.2 Å². The van der Waals surface area contributed by atoms with E-state index < -0.39 is 16.1 Å². The summed E-state index contributed by atoms with van der Waals surface area (Å²) in [6.07, 6.45) is 2.02. The molecule has 0 saturated carbocycles. The van der Waals surface area contributed by atoms with Gasteiger partial charge in [0.05, 0.1) is 30.7 Å². The van der Waals surface area contributed by atoms with Gasteiger partial charge in [-0.05, 0) is 42.8 Å². The minimum absolute atomic E-state index is 0.0698. The Bertz CT molecular complexity index is 803. The van der Waals surface area contributed by atoms with Gasteiger partial charge in [-0.15, -0.1) is 0 Å². The number of ether oxygens (including phenoxy) is 2. The number of methoxy groups -OCH3 is 2. The average molecular weight is 396 g/mol. The van der Waals surface area contributed by atoms with Gasteiger partial charge in [0.15, 0.2) is 0 Å². The molecule has 0 saturated heterocycles. The molecule has 0 spiro atoms. The normalized spacial score (nSPS) is 12.5. The Labute approximate surface area is 158 Å². The zero-order chi connectivity index (χ0) is 19.7. The number of carbonyl (C=O) groups excluding carboxylic acids is 1. The first-order chi connectivity index (χ1) is 13.0. The smallest absolute Gasteiger partial charge is 0.241 e. The summed E-state index contributed by atoms with van der Waals surface area (Å²) in [5, 5.41) is 2.74. The number of furan rings is 1. The van der Waals surface area contributed by atoms with Gasteiger partial charge >= 0.3 is 0 Å². The molecule has 8 nitrogen and oxygen atoms in total. The van der Waals surface area contributed by atoms with Gasteiger partial charge in [-0.1, -0.05) is 0 Å². The summed E-state index contributed by atoms with van der Waals surface area (Å²) in [7, 11) is -0.765. The minimum atomic E-state index is -3.85. The van der Waals surface area contributed by atoms with Crippen molar-refractivity contribution in [2.75, 3.05) is 27.4 Å². The monoisotopic (exact) mass is 396 g/mol. The largest absolute Gasteiger partial charge is 0.497 e. The quantitative estimate of drug-likeness (QED) is 0.562. The molecular formula is C18H24N2O6S. The number of rotatable bonds is 11. The van der Waals surface area contributed by atoms with Gasteiger partial charge < -0.3 is 19.2 Å². The maximum absolute atomic E-state index is 12.7.